The first-order valence-electron chi connectivity index (χ1n) is 10.2. The molecule has 0 radical (unpaired) electrons. The van der Waals surface area contributed by atoms with Crippen molar-refractivity contribution in [2.75, 3.05) is 6.54 Å². The molecule has 0 aliphatic carbocycles. The first-order valence-corrected chi connectivity index (χ1v) is 11.7. The molecule has 1 atom stereocenters. The van der Waals surface area contributed by atoms with Gasteiger partial charge in [-0.3, -0.25) is 4.68 Å². The van der Waals surface area contributed by atoms with Gasteiger partial charge in [0, 0.05) is 32.3 Å². The summed E-state index contributed by atoms with van der Waals surface area (Å²) in [6, 6.07) is 25.1. The Balaban J connectivity index is 1.54. The Labute approximate surface area is 182 Å². The maximum absolute atomic E-state index is 13.7. The van der Waals surface area contributed by atoms with E-state index in [0.717, 1.165) is 22.3 Å². The van der Waals surface area contributed by atoms with Crippen molar-refractivity contribution in [2.45, 2.75) is 17.4 Å². The van der Waals surface area contributed by atoms with Crippen molar-refractivity contribution in [3.8, 4) is 11.1 Å². The van der Waals surface area contributed by atoms with Gasteiger partial charge in [0.2, 0.25) is 10.0 Å². The van der Waals surface area contributed by atoms with Gasteiger partial charge in [-0.2, -0.15) is 9.40 Å². The van der Waals surface area contributed by atoms with Crippen LogP contribution in [0.4, 0.5) is 0 Å². The highest BCUT2D eigenvalue weighted by Gasteiger charge is 2.34. The van der Waals surface area contributed by atoms with Gasteiger partial charge in [-0.05, 0) is 39.9 Å². The summed E-state index contributed by atoms with van der Waals surface area (Å²) in [4.78, 5) is 0.318. The molecule has 1 unspecified atom stereocenters. The summed E-state index contributed by atoms with van der Waals surface area (Å²) in [5.41, 5.74) is 5.11. The van der Waals surface area contributed by atoms with Crippen LogP contribution in [0.1, 0.15) is 22.6 Å². The molecule has 156 valence electrons. The Bertz CT molecular complexity index is 1330. The van der Waals surface area contributed by atoms with E-state index in [1.165, 1.54) is 5.56 Å². The minimum absolute atomic E-state index is 0.0502. The average molecular weight is 430 g/mol. The standard InChI is InChI=1S/C25H23N3O2S/c1-27-16-22(15-26-27)25-18-28(17-21-10-5-6-13-24(21)25)31(29,30)23-12-7-11-20(14-23)19-8-3-2-4-9-19/h2-16,25H,17-18H2,1H3. The molecule has 5 nitrogen and oxygen atoms in total. The maximum Gasteiger partial charge on any atom is 0.243 e. The van der Waals surface area contributed by atoms with Gasteiger partial charge in [0.25, 0.3) is 0 Å². The van der Waals surface area contributed by atoms with Crippen molar-refractivity contribution in [2.24, 2.45) is 7.05 Å². The fourth-order valence-electron chi connectivity index (χ4n) is 4.28. The van der Waals surface area contributed by atoms with E-state index in [4.69, 9.17) is 0 Å². The molecule has 1 aliphatic heterocycles. The second-order valence-electron chi connectivity index (χ2n) is 7.89. The van der Waals surface area contributed by atoms with E-state index in [-0.39, 0.29) is 5.92 Å². The summed E-state index contributed by atoms with van der Waals surface area (Å²) >= 11 is 0. The highest BCUT2D eigenvalue weighted by molar-refractivity contribution is 7.89. The van der Waals surface area contributed by atoms with Crippen molar-refractivity contribution in [1.29, 1.82) is 0 Å². The van der Waals surface area contributed by atoms with E-state index < -0.39 is 10.0 Å². The van der Waals surface area contributed by atoms with E-state index in [2.05, 4.69) is 11.2 Å². The zero-order valence-corrected chi connectivity index (χ0v) is 18.0. The van der Waals surface area contributed by atoms with Gasteiger partial charge in [-0.25, -0.2) is 8.42 Å². The Hall–Kier alpha value is -3.22. The number of aromatic nitrogens is 2. The van der Waals surface area contributed by atoms with Crippen LogP contribution in [0.3, 0.4) is 0 Å². The minimum atomic E-state index is -3.66. The minimum Gasteiger partial charge on any atom is -0.276 e. The Kier molecular flexibility index (Phi) is 4.96. The molecule has 0 N–H and O–H groups in total. The number of aryl methyl sites for hydroxylation is 1. The molecule has 4 aromatic rings. The molecule has 0 saturated carbocycles. The van der Waals surface area contributed by atoms with Gasteiger partial charge in [0.05, 0.1) is 11.1 Å². The van der Waals surface area contributed by atoms with Gasteiger partial charge in [0.15, 0.2) is 0 Å². The van der Waals surface area contributed by atoms with Gasteiger partial charge in [-0.15, -0.1) is 0 Å². The van der Waals surface area contributed by atoms with Crippen molar-refractivity contribution >= 4 is 10.0 Å². The van der Waals surface area contributed by atoms with E-state index in [1.807, 2.05) is 80.1 Å². The lowest BCUT2D eigenvalue weighted by Crippen LogP contribution is -2.38. The summed E-state index contributed by atoms with van der Waals surface area (Å²) in [5.74, 6) is -0.0502. The third kappa shape index (κ3) is 3.69. The van der Waals surface area contributed by atoms with Gasteiger partial charge < -0.3 is 0 Å². The van der Waals surface area contributed by atoms with Gasteiger partial charge in [-0.1, -0.05) is 66.7 Å². The Morgan fingerprint density at radius 1 is 0.903 bits per heavy atom. The number of sulfonamides is 1. The lowest BCUT2D eigenvalue weighted by atomic mass is 9.87. The van der Waals surface area contributed by atoms with Gasteiger partial charge in [0.1, 0.15) is 0 Å². The number of fused-ring (bicyclic) bond motifs is 1. The number of nitrogens with zero attached hydrogens (tertiary/aromatic N) is 3. The molecule has 31 heavy (non-hydrogen) atoms. The van der Waals surface area contributed by atoms with E-state index >= 15 is 0 Å². The Morgan fingerprint density at radius 2 is 1.65 bits per heavy atom. The normalized spacial score (nSPS) is 16.7. The maximum atomic E-state index is 13.7. The molecule has 6 heteroatoms. The molecule has 0 fully saturated rings. The third-order valence-electron chi connectivity index (χ3n) is 5.87. The van der Waals surface area contributed by atoms with Crippen molar-refractivity contribution in [3.05, 3.63) is 108 Å². The third-order valence-corrected chi connectivity index (χ3v) is 7.68. The van der Waals surface area contributed by atoms with Gasteiger partial charge >= 0.3 is 0 Å². The number of rotatable bonds is 4. The highest BCUT2D eigenvalue weighted by atomic mass is 32.2. The molecular formula is C25H23N3O2S. The molecule has 1 aliphatic rings. The Morgan fingerprint density at radius 3 is 2.42 bits per heavy atom. The number of hydrogen-bond donors (Lipinski definition) is 0. The van der Waals surface area contributed by atoms with E-state index in [0.29, 0.717) is 18.0 Å². The van der Waals surface area contributed by atoms with Crippen LogP contribution in [-0.4, -0.2) is 29.0 Å². The molecule has 0 amide bonds. The number of hydrogen-bond acceptors (Lipinski definition) is 3. The largest absolute Gasteiger partial charge is 0.276 e. The van der Waals surface area contributed by atoms with E-state index in [1.54, 1.807) is 21.1 Å². The topological polar surface area (TPSA) is 55.2 Å². The molecule has 0 bridgehead atoms. The second-order valence-corrected chi connectivity index (χ2v) is 9.83. The van der Waals surface area contributed by atoms with Crippen molar-refractivity contribution < 1.29 is 8.42 Å². The van der Waals surface area contributed by atoms with Crippen LogP contribution in [0.15, 0.2) is 96.2 Å². The fourth-order valence-corrected chi connectivity index (χ4v) is 5.76. The quantitative estimate of drug-likeness (QED) is 0.482. The van der Waals surface area contributed by atoms with Crippen LogP contribution in [0.5, 0.6) is 0 Å². The summed E-state index contributed by atoms with van der Waals surface area (Å²) in [7, 11) is -1.79. The number of benzene rings is 3. The second kappa shape index (κ2) is 7.80. The fraction of sp³-hybridized carbons (Fsp3) is 0.160. The van der Waals surface area contributed by atoms with Crippen LogP contribution < -0.4 is 0 Å². The van der Waals surface area contributed by atoms with Crippen LogP contribution in [0.2, 0.25) is 0 Å². The smallest absolute Gasteiger partial charge is 0.243 e. The highest BCUT2D eigenvalue weighted by Crippen LogP contribution is 2.36. The first-order chi connectivity index (χ1) is 15.0. The molecule has 3 aromatic carbocycles. The lowest BCUT2D eigenvalue weighted by molar-refractivity contribution is 0.371. The molecular weight excluding hydrogens is 406 g/mol. The van der Waals surface area contributed by atoms with Crippen LogP contribution in [0, 0.1) is 0 Å². The molecule has 5 rings (SSSR count). The predicted molar refractivity (Wildman–Crippen MR) is 121 cm³/mol. The SMILES string of the molecule is Cn1cc(C2CN(S(=O)(=O)c3cccc(-c4ccccc4)c3)Cc3ccccc32)cn1. The summed E-state index contributed by atoms with van der Waals surface area (Å²) in [6.07, 6.45) is 3.79. The van der Waals surface area contributed by atoms with Crippen LogP contribution in [0.25, 0.3) is 11.1 Å². The molecule has 0 saturated heterocycles. The average Bonchev–Trinajstić information content (AvgIpc) is 3.25. The van der Waals surface area contributed by atoms with Crippen LogP contribution >= 0.6 is 0 Å². The van der Waals surface area contributed by atoms with Crippen molar-refractivity contribution in [3.63, 3.8) is 0 Å². The zero-order chi connectivity index (χ0) is 21.4. The van der Waals surface area contributed by atoms with Crippen molar-refractivity contribution in [1.82, 2.24) is 14.1 Å². The van der Waals surface area contributed by atoms with E-state index in [9.17, 15) is 8.42 Å². The molecule has 2 heterocycles. The zero-order valence-electron chi connectivity index (χ0n) is 17.2. The summed E-state index contributed by atoms with van der Waals surface area (Å²) in [5, 5.41) is 4.30. The molecule has 1 aromatic heterocycles. The lowest BCUT2D eigenvalue weighted by Gasteiger charge is -2.33. The first kappa shape index (κ1) is 19.7. The predicted octanol–water partition coefficient (Wildman–Crippen LogP) is 4.42. The molecule has 0 spiro atoms. The summed E-state index contributed by atoms with van der Waals surface area (Å²) < 4.78 is 30.7. The monoisotopic (exact) mass is 429 g/mol. The van der Waals surface area contributed by atoms with Crippen LogP contribution in [-0.2, 0) is 23.6 Å². The summed E-state index contributed by atoms with van der Waals surface area (Å²) in [6.45, 7) is 0.755.